The first-order chi connectivity index (χ1) is 4.84. The van der Waals surface area contributed by atoms with Crippen LogP contribution in [0, 0.1) is 24.2 Å². The van der Waals surface area contributed by atoms with E-state index >= 15 is 0 Å². The minimum atomic E-state index is 0.474. The smallest absolute Gasteiger partial charge is 0.0201 e. The monoisotopic (exact) mass is 137 g/mol. The molecule has 0 amide bonds. The average molecular weight is 137 g/mol. The molecule has 1 fully saturated rings. The maximum absolute atomic E-state index is 5.33. The first-order valence-corrected chi connectivity index (χ1v) is 4.01. The molecule has 1 atom stereocenters. The second-order valence-corrected chi connectivity index (χ2v) is 3.04. The predicted molar refractivity (Wildman–Crippen MR) is 43.6 cm³/mol. The zero-order valence-corrected chi connectivity index (χ0v) is 6.56. The lowest BCUT2D eigenvalue weighted by atomic mass is 9.87. The van der Waals surface area contributed by atoms with Crippen LogP contribution in [0.2, 0.25) is 0 Å². The van der Waals surface area contributed by atoms with E-state index < -0.39 is 0 Å². The van der Waals surface area contributed by atoms with Crippen molar-refractivity contribution in [3.05, 3.63) is 0 Å². The van der Waals surface area contributed by atoms with Gasteiger partial charge < -0.3 is 5.32 Å². The Balaban J connectivity index is 2.33. The first kappa shape index (κ1) is 7.63. The van der Waals surface area contributed by atoms with Gasteiger partial charge in [-0.05, 0) is 31.8 Å². The van der Waals surface area contributed by atoms with Crippen LogP contribution in [-0.4, -0.2) is 13.1 Å². The Morgan fingerprint density at radius 3 is 2.60 bits per heavy atom. The van der Waals surface area contributed by atoms with Gasteiger partial charge in [0, 0.05) is 5.92 Å². The van der Waals surface area contributed by atoms with Crippen molar-refractivity contribution in [1.29, 1.82) is 0 Å². The Labute approximate surface area is 63.2 Å². The lowest BCUT2D eigenvalue weighted by Crippen LogP contribution is -2.30. The fraction of sp³-hybridized carbons (Fsp3) is 0.778. The van der Waals surface area contributed by atoms with Crippen molar-refractivity contribution in [3.8, 4) is 12.3 Å². The van der Waals surface area contributed by atoms with E-state index in [1.165, 1.54) is 12.8 Å². The van der Waals surface area contributed by atoms with Crippen molar-refractivity contribution < 1.29 is 0 Å². The Morgan fingerprint density at radius 2 is 2.10 bits per heavy atom. The molecular weight excluding hydrogens is 122 g/mol. The molecule has 0 aromatic heterocycles. The van der Waals surface area contributed by atoms with E-state index in [9.17, 15) is 0 Å². The highest BCUT2D eigenvalue weighted by Gasteiger charge is 2.17. The van der Waals surface area contributed by atoms with Crippen LogP contribution in [0.15, 0.2) is 0 Å². The van der Waals surface area contributed by atoms with Gasteiger partial charge in [0.1, 0.15) is 0 Å². The highest BCUT2D eigenvalue weighted by Crippen LogP contribution is 2.20. The summed E-state index contributed by atoms with van der Waals surface area (Å²) in [4.78, 5) is 0. The van der Waals surface area contributed by atoms with Crippen molar-refractivity contribution in [2.75, 3.05) is 13.1 Å². The van der Waals surface area contributed by atoms with Crippen LogP contribution in [0.4, 0.5) is 0 Å². The molecule has 1 heterocycles. The molecule has 0 aromatic carbocycles. The topological polar surface area (TPSA) is 12.0 Å². The number of nitrogens with one attached hydrogen (secondary N) is 1. The Hall–Kier alpha value is -0.480. The summed E-state index contributed by atoms with van der Waals surface area (Å²) in [5.41, 5.74) is 0. The molecule has 0 saturated carbocycles. The van der Waals surface area contributed by atoms with Gasteiger partial charge in [-0.25, -0.2) is 0 Å². The molecule has 0 spiro atoms. The minimum absolute atomic E-state index is 0.474. The largest absolute Gasteiger partial charge is 0.317 e. The predicted octanol–water partition coefficient (Wildman–Crippen LogP) is 1.26. The molecule has 1 rings (SSSR count). The van der Waals surface area contributed by atoms with E-state index in [0.29, 0.717) is 5.92 Å². The molecule has 1 saturated heterocycles. The summed E-state index contributed by atoms with van der Waals surface area (Å²) in [5.74, 6) is 4.05. The average Bonchev–Trinajstić information content (AvgIpc) is 2.05. The molecule has 0 radical (unpaired) electrons. The van der Waals surface area contributed by atoms with Crippen LogP contribution in [-0.2, 0) is 0 Å². The third-order valence-electron chi connectivity index (χ3n) is 2.35. The van der Waals surface area contributed by atoms with Gasteiger partial charge in [-0.2, -0.15) is 0 Å². The molecule has 1 aliphatic heterocycles. The molecule has 1 aliphatic rings. The van der Waals surface area contributed by atoms with Crippen LogP contribution in [0.1, 0.15) is 19.8 Å². The van der Waals surface area contributed by atoms with Crippen LogP contribution >= 0.6 is 0 Å². The number of hydrogen-bond donors (Lipinski definition) is 1. The summed E-state index contributed by atoms with van der Waals surface area (Å²) in [7, 11) is 0. The Morgan fingerprint density at radius 1 is 1.50 bits per heavy atom. The molecule has 1 heteroatoms. The Kier molecular flexibility index (Phi) is 2.77. The van der Waals surface area contributed by atoms with Gasteiger partial charge in [0.2, 0.25) is 0 Å². The van der Waals surface area contributed by atoms with E-state index in [1.807, 2.05) is 0 Å². The molecule has 1 N–H and O–H groups in total. The zero-order chi connectivity index (χ0) is 7.40. The van der Waals surface area contributed by atoms with Crippen molar-refractivity contribution in [3.63, 3.8) is 0 Å². The lowest BCUT2D eigenvalue weighted by molar-refractivity contribution is 0.320. The third-order valence-corrected chi connectivity index (χ3v) is 2.35. The normalized spacial score (nSPS) is 23.6. The van der Waals surface area contributed by atoms with Gasteiger partial charge in [0.15, 0.2) is 0 Å². The number of rotatable bonds is 1. The zero-order valence-electron chi connectivity index (χ0n) is 6.56. The lowest BCUT2D eigenvalue weighted by Gasteiger charge is -2.24. The van der Waals surface area contributed by atoms with Gasteiger partial charge in [-0.15, -0.1) is 12.3 Å². The SMILES string of the molecule is C#CC(C)C1CCNCC1. The molecule has 1 unspecified atom stereocenters. The van der Waals surface area contributed by atoms with Gasteiger partial charge in [0.25, 0.3) is 0 Å². The molecule has 0 aliphatic carbocycles. The van der Waals surface area contributed by atoms with Crippen LogP contribution < -0.4 is 5.32 Å². The van der Waals surface area contributed by atoms with E-state index in [-0.39, 0.29) is 0 Å². The van der Waals surface area contributed by atoms with Gasteiger partial charge in [-0.3, -0.25) is 0 Å². The van der Waals surface area contributed by atoms with E-state index in [1.54, 1.807) is 0 Å². The molecule has 10 heavy (non-hydrogen) atoms. The number of terminal acetylenes is 1. The molecule has 0 aromatic rings. The number of hydrogen-bond acceptors (Lipinski definition) is 1. The van der Waals surface area contributed by atoms with Crippen LogP contribution in [0.5, 0.6) is 0 Å². The second kappa shape index (κ2) is 3.63. The maximum atomic E-state index is 5.33. The molecule has 1 nitrogen and oxygen atoms in total. The molecule has 0 bridgehead atoms. The molecular formula is C9H15N. The quantitative estimate of drug-likeness (QED) is 0.536. The Bertz CT molecular complexity index is 128. The van der Waals surface area contributed by atoms with Gasteiger partial charge in [-0.1, -0.05) is 6.92 Å². The third kappa shape index (κ3) is 1.75. The second-order valence-electron chi connectivity index (χ2n) is 3.04. The molecule has 56 valence electrons. The van der Waals surface area contributed by atoms with Crippen molar-refractivity contribution in [1.82, 2.24) is 5.32 Å². The summed E-state index contributed by atoms with van der Waals surface area (Å²) >= 11 is 0. The summed E-state index contributed by atoms with van der Waals surface area (Å²) in [6.45, 7) is 4.45. The van der Waals surface area contributed by atoms with E-state index in [4.69, 9.17) is 6.42 Å². The minimum Gasteiger partial charge on any atom is -0.317 e. The fourth-order valence-electron chi connectivity index (χ4n) is 1.48. The highest BCUT2D eigenvalue weighted by atomic mass is 14.9. The van der Waals surface area contributed by atoms with E-state index in [2.05, 4.69) is 18.2 Å². The maximum Gasteiger partial charge on any atom is 0.0201 e. The van der Waals surface area contributed by atoms with Crippen molar-refractivity contribution in [2.45, 2.75) is 19.8 Å². The van der Waals surface area contributed by atoms with Crippen molar-refractivity contribution >= 4 is 0 Å². The summed E-state index contributed by atoms with van der Waals surface area (Å²) in [5, 5.41) is 3.33. The van der Waals surface area contributed by atoms with Crippen LogP contribution in [0.25, 0.3) is 0 Å². The van der Waals surface area contributed by atoms with Crippen LogP contribution in [0.3, 0.4) is 0 Å². The number of piperidine rings is 1. The highest BCUT2D eigenvalue weighted by molar-refractivity contribution is 4.94. The summed E-state index contributed by atoms with van der Waals surface area (Å²) in [6.07, 6.45) is 7.84. The fourth-order valence-corrected chi connectivity index (χ4v) is 1.48. The summed E-state index contributed by atoms with van der Waals surface area (Å²) in [6, 6.07) is 0. The first-order valence-electron chi connectivity index (χ1n) is 4.01. The van der Waals surface area contributed by atoms with Gasteiger partial charge in [0.05, 0.1) is 0 Å². The van der Waals surface area contributed by atoms with E-state index in [0.717, 1.165) is 19.0 Å². The summed E-state index contributed by atoms with van der Waals surface area (Å²) < 4.78 is 0. The standard InChI is InChI=1S/C9H15N/c1-3-8(2)9-4-6-10-7-5-9/h1,8-10H,4-7H2,2H3. The van der Waals surface area contributed by atoms with Gasteiger partial charge >= 0.3 is 0 Å². The van der Waals surface area contributed by atoms with Crippen molar-refractivity contribution in [2.24, 2.45) is 11.8 Å².